The van der Waals surface area contributed by atoms with Crippen molar-refractivity contribution in [2.24, 2.45) is 0 Å². The topological polar surface area (TPSA) is 57.4 Å². The molecular formula is C15H10N4S. The smallest absolute Gasteiger partial charge is 0.200 e. The van der Waals surface area contributed by atoms with Crippen LogP contribution in [0.4, 0.5) is 0 Å². The van der Waals surface area contributed by atoms with E-state index in [1.807, 2.05) is 47.0 Å². The first-order valence-electron chi connectivity index (χ1n) is 6.03. The van der Waals surface area contributed by atoms with Gasteiger partial charge in [-0.25, -0.2) is 0 Å². The molecule has 0 aliphatic heterocycles. The molecule has 2 aromatic carbocycles. The summed E-state index contributed by atoms with van der Waals surface area (Å²) in [6.07, 6.45) is 0. The number of benzene rings is 2. The number of nitrogens with one attached hydrogen (secondary N) is 1. The minimum Gasteiger partial charge on any atom is -0.268 e. The molecule has 0 aliphatic rings. The Morgan fingerprint density at radius 1 is 1.10 bits per heavy atom. The summed E-state index contributed by atoms with van der Waals surface area (Å²) < 4.78 is 2.37. The van der Waals surface area contributed by atoms with Crippen LogP contribution in [0, 0.1) is 16.1 Å². The number of aromatic nitrogens is 3. The van der Waals surface area contributed by atoms with Crippen LogP contribution in [0.2, 0.25) is 0 Å². The molecule has 0 unspecified atom stereocenters. The van der Waals surface area contributed by atoms with Crippen LogP contribution in [-0.4, -0.2) is 14.8 Å². The number of para-hydroxylation sites is 1. The average molecular weight is 278 g/mol. The van der Waals surface area contributed by atoms with Gasteiger partial charge in [-0.05, 0) is 36.5 Å². The quantitative estimate of drug-likeness (QED) is 0.730. The maximum Gasteiger partial charge on any atom is 0.200 e. The summed E-state index contributed by atoms with van der Waals surface area (Å²) in [4.78, 5) is 0. The number of nitriles is 1. The van der Waals surface area contributed by atoms with Crippen molar-refractivity contribution in [3.8, 4) is 23.1 Å². The highest BCUT2D eigenvalue weighted by Gasteiger charge is 2.10. The van der Waals surface area contributed by atoms with E-state index in [0.29, 0.717) is 16.2 Å². The van der Waals surface area contributed by atoms with E-state index in [1.165, 1.54) is 0 Å². The monoisotopic (exact) mass is 278 g/mol. The SMILES string of the molecule is N#Cc1cccc(-c2n[nH]c(=S)n2-c2ccccc2)c1. The molecule has 0 radical (unpaired) electrons. The lowest BCUT2D eigenvalue weighted by atomic mass is 10.1. The van der Waals surface area contributed by atoms with Crippen LogP contribution >= 0.6 is 12.2 Å². The second kappa shape index (κ2) is 5.11. The predicted molar refractivity (Wildman–Crippen MR) is 78.9 cm³/mol. The van der Waals surface area contributed by atoms with Gasteiger partial charge < -0.3 is 0 Å². The first kappa shape index (κ1) is 12.3. The fourth-order valence-corrected chi connectivity index (χ4v) is 2.27. The zero-order valence-electron chi connectivity index (χ0n) is 10.4. The molecule has 0 aliphatic carbocycles. The third-order valence-electron chi connectivity index (χ3n) is 2.94. The molecule has 20 heavy (non-hydrogen) atoms. The fourth-order valence-electron chi connectivity index (χ4n) is 2.04. The van der Waals surface area contributed by atoms with Gasteiger partial charge in [-0.15, -0.1) is 0 Å². The number of nitrogens with zero attached hydrogens (tertiary/aromatic N) is 3. The van der Waals surface area contributed by atoms with E-state index in [2.05, 4.69) is 16.3 Å². The molecule has 0 saturated carbocycles. The van der Waals surface area contributed by atoms with E-state index in [9.17, 15) is 0 Å². The van der Waals surface area contributed by atoms with Gasteiger partial charge in [0.25, 0.3) is 0 Å². The minimum atomic E-state index is 0.522. The summed E-state index contributed by atoms with van der Waals surface area (Å²) in [5.41, 5.74) is 2.37. The van der Waals surface area contributed by atoms with E-state index in [-0.39, 0.29) is 0 Å². The van der Waals surface area contributed by atoms with Gasteiger partial charge in [0.05, 0.1) is 11.6 Å². The Balaban J connectivity index is 2.22. The van der Waals surface area contributed by atoms with Gasteiger partial charge in [0.2, 0.25) is 0 Å². The molecular weight excluding hydrogens is 268 g/mol. The molecule has 1 N–H and O–H groups in total. The molecule has 0 fully saturated rings. The van der Waals surface area contributed by atoms with Gasteiger partial charge in [-0.1, -0.05) is 30.3 Å². The molecule has 0 amide bonds. The number of rotatable bonds is 2. The van der Waals surface area contributed by atoms with Crippen molar-refractivity contribution < 1.29 is 0 Å². The third kappa shape index (κ3) is 2.13. The first-order valence-corrected chi connectivity index (χ1v) is 6.44. The van der Waals surface area contributed by atoms with Crippen LogP contribution in [0.25, 0.3) is 17.1 Å². The average Bonchev–Trinajstić information content (AvgIpc) is 2.90. The lowest BCUT2D eigenvalue weighted by Gasteiger charge is -2.06. The maximum absolute atomic E-state index is 8.99. The zero-order chi connectivity index (χ0) is 13.9. The van der Waals surface area contributed by atoms with Crippen LogP contribution < -0.4 is 0 Å². The highest BCUT2D eigenvalue weighted by molar-refractivity contribution is 7.71. The number of aromatic amines is 1. The first-order chi connectivity index (χ1) is 9.79. The van der Waals surface area contributed by atoms with Crippen LogP contribution in [0.1, 0.15) is 5.56 Å². The number of hydrogen-bond acceptors (Lipinski definition) is 3. The molecule has 0 saturated heterocycles. The van der Waals surface area contributed by atoms with Crippen molar-refractivity contribution >= 4 is 12.2 Å². The van der Waals surface area contributed by atoms with E-state index in [1.54, 1.807) is 12.1 Å². The lowest BCUT2D eigenvalue weighted by molar-refractivity contribution is 1.04. The largest absolute Gasteiger partial charge is 0.268 e. The summed E-state index contributed by atoms with van der Waals surface area (Å²) in [6, 6.07) is 19.2. The second-order valence-corrected chi connectivity index (χ2v) is 4.60. The maximum atomic E-state index is 8.99. The van der Waals surface area contributed by atoms with E-state index >= 15 is 0 Å². The van der Waals surface area contributed by atoms with Crippen LogP contribution in [0.3, 0.4) is 0 Å². The molecule has 96 valence electrons. The van der Waals surface area contributed by atoms with E-state index in [0.717, 1.165) is 11.3 Å². The summed E-state index contributed by atoms with van der Waals surface area (Å²) in [6.45, 7) is 0. The van der Waals surface area contributed by atoms with Crippen molar-refractivity contribution in [3.05, 3.63) is 64.9 Å². The van der Waals surface area contributed by atoms with Gasteiger partial charge in [0, 0.05) is 11.3 Å². The molecule has 4 nitrogen and oxygen atoms in total. The number of H-pyrrole nitrogens is 1. The molecule has 3 rings (SSSR count). The lowest BCUT2D eigenvalue weighted by Crippen LogP contribution is -1.97. The Bertz CT molecular complexity index is 840. The molecule has 1 aromatic heterocycles. The Hall–Kier alpha value is -2.71. The van der Waals surface area contributed by atoms with Gasteiger partial charge in [0.1, 0.15) is 0 Å². The Morgan fingerprint density at radius 3 is 2.65 bits per heavy atom. The molecule has 3 aromatic rings. The summed E-state index contributed by atoms with van der Waals surface area (Å²) in [5.74, 6) is 0.693. The minimum absolute atomic E-state index is 0.522. The predicted octanol–water partition coefficient (Wildman–Crippen LogP) is 3.47. The van der Waals surface area contributed by atoms with Crippen molar-refractivity contribution in [2.75, 3.05) is 0 Å². The second-order valence-electron chi connectivity index (χ2n) is 4.22. The number of hydrogen-bond donors (Lipinski definition) is 1. The zero-order valence-corrected chi connectivity index (χ0v) is 11.3. The summed E-state index contributed by atoms with van der Waals surface area (Å²) >= 11 is 5.30. The third-order valence-corrected chi connectivity index (χ3v) is 3.21. The fraction of sp³-hybridized carbons (Fsp3) is 0. The van der Waals surface area contributed by atoms with E-state index < -0.39 is 0 Å². The molecule has 0 spiro atoms. The summed E-state index contributed by atoms with van der Waals surface area (Å²) in [5, 5.41) is 16.1. The Kier molecular flexibility index (Phi) is 3.15. The molecule has 5 heteroatoms. The molecule has 0 bridgehead atoms. The Labute approximate surface area is 120 Å². The van der Waals surface area contributed by atoms with Crippen molar-refractivity contribution in [1.29, 1.82) is 5.26 Å². The highest BCUT2D eigenvalue weighted by Crippen LogP contribution is 2.22. The van der Waals surface area contributed by atoms with Gasteiger partial charge >= 0.3 is 0 Å². The van der Waals surface area contributed by atoms with Crippen LogP contribution in [0.5, 0.6) is 0 Å². The van der Waals surface area contributed by atoms with Crippen LogP contribution in [0.15, 0.2) is 54.6 Å². The van der Waals surface area contributed by atoms with Gasteiger partial charge in [0.15, 0.2) is 10.6 Å². The molecule has 1 heterocycles. The standard InChI is InChI=1S/C15H10N4S/c16-10-11-5-4-6-12(9-11)14-17-18-15(20)19(14)13-7-2-1-3-8-13/h1-9H,(H,18,20). The summed E-state index contributed by atoms with van der Waals surface area (Å²) in [7, 11) is 0. The Morgan fingerprint density at radius 2 is 1.90 bits per heavy atom. The van der Waals surface area contributed by atoms with Gasteiger partial charge in [-0.2, -0.15) is 10.4 Å². The van der Waals surface area contributed by atoms with Crippen molar-refractivity contribution in [1.82, 2.24) is 14.8 Å². The molecule has 0 atom stereocenters. The normalized spacial score (nSPS) is 10.2. The van der Waals surface area contributed by atoms with Crippen molar-refractivity contribution in [3.63, 3.8) is 0 Å². The van der Waals surface area contributed by atoms with Crippen molar-refractivity contribution in [2.45, 2.75) is 0 Å². The van der Waals surface area contributed by atoms with Gasteiger partial charge in [-0.3, -0.25) is 9.67 Å². The highest BCUT2D eigenvalue weighted by atomic mass is 32.1. The van der Waals surface area contributed by atoms with Crippen LogP contribution in [-0.2, 0) is 0 Å². The van der Waals surface area contributed by atoms with E-state index in [4.69, 9.17) is 17.5 Å².